The van der Waals surface area contributed by atoms with Crippen LogP contribution >= 0.6 is 0 Å². The summed E-state index contributed by atoms with van der Waals surface area (Å²) in [6, 6.07) is 13.7. The van der Waals surface area contributed by atoms with Crippen molar-refractivity contribution in [2.75, 3.05) is 23.3 Å². The minimum absolute atomic E-state index is 0.0737. The van der Waals surface area contributed by atoms with E-state index in [9.17, 15) is 13.2 Å². The van der Waals surface area contributed by atoms with Gasteiger partial charge in [-0.05, 0) is 74.3 Å². The Morgan fingerprint density at radius 1 is 1.02 bits per heavy atom. The van der Waals surface area contributed by atoms with E-state index in [1.807, 2.05) is 39.1 Å². The number of benzene rings is 2. The van der Waals surface area contributed by atoms with E-state index in [0.29, 0.717) is 23.9 Å². The van der Waals surface area contributed by atoms with Crippen LogP contribution in [-0.4, -0.2) is 64.9 Å². The quantitative estimate of drug-likeness (QED) is 0.219. The fraction of sp³-hybridized carbons (Fsp3) is 0.432. The van der Waals surface area contributed by atoms with Gasteiger partial charge in [-0.3, -0.25) is 9.78 Å². The van der Waals surface area contributed by atoms with E-state index in [4.69, 9.17) is 9.72 Å². The van der Waals surface area contributed by atoms with Crippen LogP contribution in [0, 0.1) is 19.3 Å². The number of fused-ring (bicyclic) bond motifs is 4. The third-order valence-electron chi connectivity index (χ3n) is 9.92. The molecule has 258 valence electrons. The topological polar surface area (TPSA) is 131 Å². The average molecular weight is 684 g/mol. The van der Waals surface area contributed by atoms with Crippen molar-refractivity contribution < 1.29 is 17.9 Å². The highest BCUT2D eigenvalue weighted by Crippen LogP contribution is 2.33. The highest BCUT2D eigenvalue weighted by Gasteiger charge is 2.33. The first-order valence-electron chi connectivity index (χ1n) is 16.9. The predicted octanol–water partition coefficient (Wildman–Crippen LogP) is 6.57. The number of nitrogens with one attached hydrogen (secondary N) is 1. The molecule has 49 heavy (non-hydrogen) atoms. The molecular weight excluding hydrogens is 639 g/mol. The molecule has 1 fully saturated rings. The molecule has 11 nitrogen and oxygen atoms in total. The van der Waals surface area contributed by atoms with Crippen LogP contribution in [0.2, 0.25) is 0 Å². The van der Waals surface area contributed by atoms with Gasteiger partial charge in [0.25, 0.3) is 15.9 Å². The third-order valence-corrected chi connectivity index (χ3v) is 11.2. The van der Waals surface area contributed by atoms with Crippen LogP contribution in [0.3, 0.4) is 0 Å². The van der Waals surface area contributed by atoms with Crippen LogP contribution in [0.25, 0.3) is 11.3 Å². The Kier molecular flexibility index (Phi) is 9.61. The summed E-state index contributed by atoms with van der Waals surface area (Å²) in [6.07, 6.45) is 8.36. The molecule has 2 aromatic carbocycles. The fourth-order valence-corrected chi connectivity index (χ4v) is 7.39. The normalized spacial score (nSPS) is 17.9. The Morgan fingerprint density at radius 2 is 1.76 bits per heavy atom. The fourth-order valence-electron chi connectivity index (χ4n) is 6.40. The summed E-state index contributed by atoms with van der Waals surface area (Å²) in [4.78, 5) is 37.0. The molecule has 1 aliphatic heterocycles. The van der Waals surface area contributed by atoms with E-state index in [2.05, 4.69) is 45.3 Å². The molecule has 2 aromatic heterocycles. The van der Waals surface area contributed by atoms with Gasteiger partial charge in [0.2, 0.25) is 11.8 Å². The predicted molar refractivity (Wildman–Crippen MR) is 190 cm³/mol. The van der Waals surface area contributed by atoms with Crippen LogP contribution in [0.1, 0.15) is 80.1 Å². The number of hydrogen-bond acceptors (Lipinski definition) is 9. The number of aryl methyl sites for hydroxylation is 2. The second-order valence-electron chi connectivity index (χ2n) is 14.0. The van der Waals surface area contributed by atoms with Crippen LogP contribution in [0.15, 0.2) is 65.8 Å². The van der Waals surface area contributed by atoms with Gasteiger partial charge in [0.05, 0.1) is 41.3 Å². The second-order valence-corrected chi connectivity index (χ2v) is 15.7. The molecule has 12 heteroatoms. The number of anilines is 2. The average Bonchev–Trinajstić information content (AvgIpc) is 3.04. The molecule has 6 rings (SSSR count). The van der Waals surface area contributed by atoms with E-state index in [0.717, 1.165) is 41.8 Å². The molecule has 4 aromatic rings. The van der Waals surface area contributed by atoms with Gasteiger partial charge in [-0.15, -0.1) is 0 Å². The van der Waals surface area contributed by atoms with Gasteiger partial charge in [-0.1, -0.05) is 51.5 Å². The SMILES string of the molecule is CCC(C)(C)CC1COc2cc(-c3c(C)cccc3C)nc(n2)NS(=O)(=O)c2cccc(c2)C(=O)N1Cc1cncc(N(C)C2CCC2)n1. The van der Waals surface area contributed by atoms with Crippen molar-refractivity contribution in [3.05, 3.63) is 83.3 Å². The molecule has 1 atom stereocenters. The molecule has 3 heterocycles. The maximum Gasteiger partial charge on any atom is 0.264 e. The first-order valence-corrected chi connectivity index (χ1v) is 18.4. The smallest absolute Gasteiger partial charge is 0.264 e. The molecule has 0 saturated heterocycles. The molecule has 1 amide bonds. The summed E-state index contributed by atoms with van der Waals surface area (Å²) in [6.45, 7) is 10.7. The highest BCUT2D eigenvalue weighted by atomic mass is 32.2. The van der Waals surface area contributed by atoms with Crippen LogP contribution < -0.4 is 14.4 Å². The van der Waals surface area contributed by atoms with Crippen LogP contribution in [0.4, 0.5) is 11.8 Å². The molecule has 0 radical (unpaired) electrons. The zero-order valence-corrected chi connectivity index (χ0v) is 29.9. The van der Waals surface area contributed by atoms with E-state index < -0.39 is 16.1 Å². The number of aromatic nitrogens is 4. The zero-order chi connectivity index (χ0) is 34.9. The van der Waals surface area contributed by atoms with Crippen molar-refractivity contribution in [2.45, 2.75) is 90.2 Å². The number of sulfonamides is 1. The van der Waals surface area contributed by atoms with Crippen molar-refractivity contribution in [2.24, 2.45) is 5.41 Å². The number of carbonyl (C=O) groups excluding carboxylic acids is 1. The van der Waals surface area contributed by atoms with E-state index in [-0.39, 0.29) is 46.8 Å². The van der Waals surface area contributed by atoms with Crippen LogP contribution in [-0.2, 0) is 16.6 Å². The number of carbonyl (C=O) groups is 1. The van der Waals surface area contributed by atoms with Crippen molar-refractivity contribution in [3.63, 3.8) is 0 Å². The minimum Gasteiger partial charge on any atom is -0.475 e. The Morgan fingerprint density at radius 3 is 2.45 bits per heavy atom. The van der Waals surface area contributed by atoms with E-state index >= 15 is 0 Å². The minimum atomic E-state index is -4.17. The summed E-state index contributed by atoms with van der Waals surface area (Å²) in [5.74, 6) is 0.516. The van der Waals surface area contributed by atoms with Crippen LogP contribution in [0.5, 0.6) is 5.88 Å². The Labute approximate surface area is 289 Å². The lowest BCUT2D eigenvalue weighted by atomic mass is 9.83. The standard InChI is InChI=1S/C37H45N7O4S/c1-7-37(4,5)19-29-23-48-33-18-31(34-24(2)11-8-12-25(34)3)40-36(41-33)42-49(46,47)30-16-9-13-26(17-30)35(45)44(29)22-27-20-38-21-32(39-27)43(6)28-14-10-15-28/h8-9,11-13,16-18,20-21,28-29H,7,10,14-15,19,22-23H2,1-6H3,(H,40,41,42). The number of nitrogens with zero attached hydrogens (tertiary/aromatic N) is 6. The van der Waals surface area contributed by atoms with Gasteiger partial charge in [-0.25, -0.2) is 23.1 Å². The van der Waals surface area contributed by atoms with Gasteiger partial charge in [0.15, 0.2) is 0 Å². The zero-order valence-electron chi connectivity index (χ0n) is 29.1. The lowest BCUT2D eigenvalue weighted by Crippen LogP contribution is -2.45. The Balaban J connectivity index is 1.47. The first-order chi connectivity index (χ1) is 23.3. The maximum absolute atomic E-state index is 14.6. The maximum atomic E-state index is 14.6. The summed E-state index contributed by atoms with van der Waals surface area (Å²) < 4.78 is 36.4. The number of rotatable bonds is 8. The Bertz CT molecular complexity index is 1940. The molecule has 1 aliphatic carbocycles. The molecular formula is C37H45N7O4S. The second kappa shape index (κ2) is 13.7. The Hall–Kier alpha value is -4.58. The van der Waals surface area contributed by atoms with Crippen molar-refractivity contribution in [1.29, 1.82) is 0 Å². The first kappa shape index (κ1) is 34.3. The van der Waals surface area contributed by atoms with E-state index in [1.165, 1.54) is 18.6 Å². The molecule has 1 unspecified atom stereocenters. The summed E-state index contributed by atoms with van der Waals surface area (Å²) in [7, 11) is -2.14. The monoisotopic (exact) mass is 683 g/mol. The van der Waals surface area contributed by atoms with Gasteiger partial charge in [-0.2, -0.15) is 4.98 Å². The molecule has 1 saturated carbocycles. The van der Waals surface area contributed by atoms with Gasteiger partial charge in [0.1, 0.15) is 12.4 Å². The van der Waals surface area contributed by atoms with Gasteiger partial charge < -0.3 is 14.5 Å². The van der Waals surface area contributed by atoms with Crippen molar-refractivity contribution in [3.8, 4) is 17.1 Å². The molecule has 4 bridgehead atoms. The lowest BCUT2D eigenvalue weighted by Gasteiger charge is -2.37. The lowest BCUT2D eigenvalue weighted by molar-refractivity contribution is 0.0493. The van der Waals surface area contributed by atoms with Crippen molar-refractivity contribution in [1.82, 2.24) is 24.8 Å². The van der Waals surface area contributed by atoms with Gasteiger partial charge >= 0.3 is 0 Å². The van der Waals surface area contributed by atoms with Gasteiger partial charge in [0, 0.05) is 30.3 Å². The number of hydrogen-bond donors (Lipinski definition) is 1. The molecule has 0 spiro atoms. The molecule has 1 N–H and O–H groups in total. The molecule has 2 aliphatic rings. The van der Waals surface area contributed by atoms with E-state index in [1.54, 1.807) is 35.5 Å². The number of amides is 1. The summed E-state index contributed by atoms with van der Waals surface area (Å²) in [5.41, 5.74) is 4.08. The summed E-state index contributed by atoms with van der Waals surface area (Å²) >= 11 is 0. The number of ether oxygens (including phenoxy) is 1. The third kappa shape index (κ3) is 7.54. The largest absolute Gasteiger partial charge is 0.475 e. The van der Waals surface area contributed by atoms with Crippen molar-refractivity contribution >= 4 is 27.7 Å². The summed E-state index contributed by atoms with van der Waals surface area (Å²) in [5, 5.41) is 0. The highest BCUT2D eigenvalue weighted by molar-refractivity contribution is 7.92.